The maximum atomic E-state index is 13.3. The molecule has 1 amide bonds. The number of carbonyl (C=O) groups is 1. The van der Waals surface area contributed by atoms with Gasteiger partial charge in [0.2, 0.25) is 15.9 Å². The Kier molecular flexibility index (Phi) is 5.66. The van der Waals surface area contributed by atoms with Gasteiger partial charge in [-0.05, 0) is 69.7 Å². The molecular weight excluding hydrogens is 362 g/mol. The van der Waals surface area contributed by atoms with Crippen LogP contribution in [0, 0.1) is 27.7 Å². The maximum Gasteiger partial charge on any atom is 0.243 e. The van der Waals surface area contributed by atoms with Crippen molar-refractivity contribution in [3.05, 3.63) is 28.3 Å². The lowest BCUT2D eigenvalue weighted by Gasteiger charge is -2.37. The number of benzene rings is 1. The Hall–Kier alpha value is -1.44. The summed E-state index contributed by atoms with van der Waals surface area (Å²) in [4.78, 5) is 14.8. The number of hydrogen-bond donors (Lipinski definition) is 1. The van der Waals surface area contributed by atoms with E-state index >= 15 is 0 Å². The lowest BCUT2D eigenvalue weighted by Crippen LogP contribution is -2.55. The van der Waals surface area contributed by atoms with Crippen LogP contribution in [0.3, 0.4) is 0 Å². The fourth-order valence-electron chi connectivity index (χ4n) is 3.74. The zero-order valence-corrected chi connectivity index (χ0v) is 17.8. The van der Waals surface area contributed by atoms with Crippen LogP contribution >= 0.6 is 0 Å². The SMILES string of the molecule is Cc1cc(C)c(C)c(S(=O)(=O)N2CCN([C@@H](C)C(=O)NC3CC3)CC2)c1C. The van der Waals surface area contributed by atoms with Crippen molar-refractivity contribution in [3.63, 3.8) is 0 Å². The Labute approximate surface area is 163 Å². The second-order valence-corrected chi connectivity index (χ2v) is 9.86. The molecule has 1 atom stereocenters. The summed E-state index contributed by atoms with van der Waals surface area (Å²) in [6.07, 6.45) is 2.14. The van der Waals surface area contributed by atoms with Crippen LogP contribution < -0.4 is 5.32 Å². The molecule has 0 unspecified atom stereocenters. The highest BCUT2D eigenvalue weighted by Gasteiger charge is 2.35. The molecule has 1 aromatic rings. The molecule has 1 aliphatic heterocycles. The standard InChI is InChI=1S/C20H31N3O3S/c1-13-12-14(2)16(4)19(15(13)3)27(25,26)23-10-8-22(9-11-23)17(5)20(24)21-18-6-7-18/h12,17-18H,6-11H2,1-5H3,(H,21,24)/t17-/m0/s1. The smallest absolute Gasteiger partial charge is 0.243 e. The number of rotatable bonds is 5. The molecule has 1 aromatic carbocycles. The first-order valence-corrected chi connectivity index (χ1v) is 11.2. The molecule has 27 heavy (non-hydrogen) atoms. The summed E-state index contributed by atoms with van der Waals surface area (Å²) in [7, 11) is -3.54. The fourth-order valence-corrected chi connectivity index (χ4v) is 5.74. The number of hydrogen-bond acceptors (Lipinski definition) is 4. The third-order valence-electron chi connectivity index (χ3n) is 6.02. The van der Waals surface area contributed by atoms with E-state index in [0.29, 0.717) is 37.1 Å². The molecule has 0 radical (unpaired) electrons. The monoisotopic (exact) mass is 393 g/mol. The van der Waals surface area contributed by atoms with Crippen molar-refractivity contribution in [2.45, 2.75) is 64.4 Å². The number of nitrogens with one attached hydrogen (secondary N) is 1. The van der Waals surface area contributed by atoms with E-state index < -0.39 is 10.0 Å². The Morgan fingerprint density at radius 2 is 1.56 bits per heavy atom. The van der Waals surface area contributed by atoms with Gasteiger partial charge >= 0.3 is 0 Å². The fraction of sp³-hybridized carbons (Fsp3) is 0.650. The van der Waals surface area contributed by atoms with Gasteiger partial charge in [-0.15, -0.1) is 0 Å². The van der Waals surface area contributed by atoms with Crippen molar-refractivity contribution >= 4 is 15.9 Å². The first-order chi connectivity index (χ1) is 12.6. The van der Waals surface area contributed by atoms with E-state index in [1.54, 1.807) is 4.31 Å². The van der Waals surface area contributed by atoms with Crippen molar-refractivity contribution < 1.29 is 13.2 Å². The second-order valence-electron chi connectivity index (χ2n) is 7.99. The highest BCUT2D eigenvalue weighted by atomic mass is 32.2. The van der Waals surface area contributed by atoms with Gasteiger partial charge < -0.3 is 5.32 Å². The van der Waals surface area contributed by atoms with Crippen molar-refractivity contribution in [1.29, 1.82) is 0 Å². The predicted molar refractivity (Wildman–Crippen MR) is 106 cm³/mol. The van der Waals surface area contributed by atoms with E-state index in [4.69, 9.17) is 0 Å². The first kappa shape index (κ1) is 20.3. The number of piperazine rings is 1. The topological polar surface area (TPSA) is 69.7 Å². The molecule has 0 aromatic heterocycles. The minimum atomic E-state index is -3.54. The molecule has 1 saturated heterocycles. The van der Waals surface area contributed by atoms with E-state index in [0.717, 1.165) is 35.1 Å². The summed E-state index contributed by atoms with van der Waals surface area (Å²) in [5.41, 5.74) is 3.66. The molecule has 2 fully saturated rings. The number of sulfonamides is 1. The number of aryl methyl sites for hydroxylation is 2. The molecule has 1 saturated carbocycles. The summed E-state index contributed by atoms with van der Waals surface area (Å²) in [5.74, 6) is 0.0507. The number of carbonyl (C=O) groups excluding carboxylic acids is 1. The minimum Gasteiger partial charge on any atom is -0.352 e. The Morgan fingerprint density at radius 1 is 1.04 bits per heavy atom. The van der Waals surface area contributed by atoms with Crippen LogP contribution in [0.5, 0.6) is 0 Å². The average molecular weight is 394 g/mol. The van der Waals surface area contributed by atoms with Gasteiger partial charge in [0.05, 0.1) is 10.9 Å². The van der Waals surface area contributed by atoms with Crippen molar-refractivity contribution in [2.75, 3.05) is 26.2 Å². The van der Waals surface area contributed by atoms with Gasteiger partial charge in [0, 0.05) is 32.2 Å². The number of amides is 1. The van der Waals surface area contributed by atoms with Gasteiger partial charge in [-0.1, -0.05) is 6.07 Å². The third kappa shape index (κ3) is 4.05. The lowest BCUT2D eigenvalue weighted by atomic mass is 10.0. The zero-order chi connectivity index (χ0) is 19.9. The Balaban J connectivity index is 1.73. The minimum absolute atomic E-state index is 0.0507. The van der Waals surface area contributed by atoms with E-state index in [9.17, 15) is 13.2 Å². The number of nitrogens with zero attached hydrogens (tertiary/aromatic N) is 2. The van der Waals surface area contributed by atoms with Crippen LogP contribution in [0.25, 0.3) is 0 Å². The normalized spacial score (nSPS) is 20.5. The van der Waals surface area contributed by atoms with Crippen LogP contribution in [0.15, 0.2) is 11.0 Å². The summed E-state index contributed by atoms with van der Waals surface area (Å²) in [5, 5.41) is 3.03. The molecule has 3 rings (SSSR count). The zero-order valence-electron chi connectivity index (χ0n) is 17.0. The molecule has 1 N–H and O–H groups in total. The van der Waals surface area contributed by atoms with Gasteiger partial charge in [-0.3, -0.25) is 9.69 Å². The molecule has 6 nitrogen and oxygen atoms in total. The summed E-state index contributed by atoms with van der Waals surface area (Å²) < 4.78 is 28.2. The average Bonchev–Trinajstić information content (AvgIpc) is 3.43. The third-order valence-corrected chi connectivity index (χ3v) is 8.19. The first-order valence-electron chi connectivity index (χ1n) is 9.75. The van der Waals surface area contributed by atoms with Crippen molar-refractivity contribution in [3.8, 4) is 0 Å². The highest BCUT2D eigenvalue weighted by Crippen LogP contribution is 2.29. The van der Waals surface area contributed by atoms with Crippen molar-refractivity contribution in [1.82, 2.24) is 14.5 Å². The highest BCUT2D eigenvalue weighted by molar-refractivity contribution is 7.89. The molecule has 7 heteroatoms. The van der Waals surface area contributed by atoms with E-state index in [-0.39, 0.29) is 11.9 Å². The van der Waals surface area contributed by atoms with Crippen LogP contribution in [0.2, 0.25) is 0 Å². The van der Waals surface area contributed by atoms with E-state index in [1.807, 2.05) is 40.7 Å². The van der Waals surface area contributed by atoms with Gasteiger partial charge in [-0.2, -0.15) is 4.31 Å². The lowest BCUT2D eigenvalue weighted by molar-refractivity contribution is -0.126. The molecule has 2 aliphatic rings. The van der Waals surface area contributed by atoms with E-state index in [1.165, 1.54) is 0 Å². The molecule has 0 spiro atoms. The van der Waals surface area contributed by atoms with Crippen LogP contribution in [0.4, 0.5) is 0 Å². The molecular formula is C20H31N3O3S. The second kappa shape index (κ2) is 7.53. The summed E-state index contributed by atoms with van der Waals surface area (Å²) in [6, 6.07) is 2.17. The molecule has 1 aliphatic carbocycles. The van der Waals surface area contributed by atoms with Gasteiger partial charge in [0.25, 0.3) is 0 Å². The molecule has 1 heterocycles. The van der Waals surface area contributed by atoms with Crippen LogP contribution in [-0.2, 0) is 14.8 Å². The molecule has 0 bridgehead atoms. The van der Waals surface area contributed by atoms with Crippen LogP contribution in [-0.4, -0.2) is 61.8 Å². The van der Waals surface area contributed by atoms with Crippen LogP contribution in [0.1, 0.15) is 42.0 Å². The maximum absolute atomic E-state index is 13.3. The van der Waals surface area contributed by atoms with Gasteiger partial charge in [-0.25, -0.2) is 8.42 Å². The molecule has 150 valence electrons. The Morgan fingerprint density at radius 3 is 2.04 bits per heavy atom. The van der Waals surface area contributed by atoms with Gasteiger partial charge in [0.15, 0.2) is 0 Å². The van der Waals surface area contributed by atoms with Crippen molar-refractivity contribution in [2.24, 2.45) is 0 Å². The summed E-state index contributed by atoms with van der Waals surface area (Å²) >= 11 is 0. The Bertz CT molecular complexity index is 812. The largest absolute Gasteiger partial charge is 0.352 e. The van der Waals surface area contributed by atoms with E-state index in [2.05, 4.69) is 10.2 Å². The quantitative estimate of drug-likeness (QED) is 0.829. The summed E-state index contributed by atoms with van der Waals surface area (Å²) in [6.45, 7) is 11.6. The predicted octanol–water partition coefficient (Wildman–Crippen LogP) is 1.89. The van der Waals surface area contributed by atoms with Gasteiger partial charge in [0.1, 0.15) is 0 Å².